The van der Waals surface area contributed by atoms with Crippen LogP contribution in [0.25, 0.3) is 0 Å². The highest BCUT2D eigenvalue weighted by molar-refractivity contribution is 6.01. The summed E-state index contributed by atoms with van der Waals surface area (Å²) in [5.41, 5.74) is 0.821. The van der Waals surface area contributed by atoms with Gasteiger partial charge in [-0.2, -0.15) is 0 Å². The Kier molecular flexibility index (Phi) is 6.70. The number of hydrogen-bond donors (Lipinski definition) is 1. The number of methoxy groups -OCH3 is 1. The number of para-hydroxylation sites is 1. The van der Waals surface area contributed by atoms with E-state index in [-0.39, 0.29) is 23.7 Å². The molecule has 1 aliphatic heterocycles. The van der Waals surface area contributed by atoms with Crippen molar-refractivity contribution in [3.8, 4) is 0 Å². The molecule has 0 radical (unpaired) electrons. The summed E-state index contributed by atoms with van der Waals surface area (Å²) < 4.78 is 4.78. The fourth-order valence-electron chi connectivity index (χ4n) is 4.37. The number of rotatable bonds is 4. The first-order valence-electron chi connectivity index (χ1n) is 10.3. The minimum atomic E-state index is -0.471. The van der Waals surface area contributed by atoms with Crippen LogP contribution >= 0.6 is 0 Å². The highest BCUT2D eigenvalue weighted by atomic mass is 16.5. The van der Waals surface area contributed by atoms with Crippen LogP contribution in [0, 0.1) is 17.8 Å². The Morgan fingerprint density at radius 2 is 1.71 bits per heavy atom. The lowest BCUT2D eigenvalue weighted by Crippen LogP contribution is -2.43. The lowest BCUT2D eigenvalue weighted by atomic mass is 9.80. The van der Waals surface area contributed by atoms with E-state index in [1.807, 2.05) is 4.90 Å². The number of amides is 2. The first-order chi connectivity index (χ1) is 13.5. The smallest absolute Gasteiger partial charge is 0.339 e. The third-order valence-corrected chi connectivity index (χ3v) is 6.01. The molecule has 6 heteroatoms. The van der Waals surface area contributed by atoms with Crippen LogP contribution in [0.4, 0.5) is 5.69 Å². The second-order valence-electron chi connectivity index (χ2n) is 8.11. The Labute approximate surface area is 166 Å². The summed E-state index contributed by atoms with van der Waals surface area (Å²) in [5.74, 6) is 0.192. The second-order valence-corrected chi connectivity index (χ2v) is 8.11. The quantitative estimate of drug-likeness (QED) is 0.804. The molecule has 1 aromatic rings. The van der Waals surface area contributed by atoms with Crippen molar-refractivity contribution in [3.63, 3.8) is 0 Å². The minimum absolute atomic E-state index is 0.0386. The Morgan fingerprint density at radius 1 is 1.04 bits per heavy atom. The maximum absolute atomic E-state index is 12.8. The molecule has 2 fully saturated rings. The Morgan fingerprint density at radius 3 is 2.39 bits per heavy atom. The molecule has 2 aliphatic rings. The third kappa shape index (κ3) is 4.72. The second kappa shape index (κ2) is 9.22. The summed E-state index contributed by atoms with van der Waals surface area (Å²) in [6, 6.07) is 6.85. The zero-order valence-corrected chi connectivity index (χ0v) is 16.8. The van der Waals surface area contributed by atoms with Gasteiger partial charge in [0.1, 0.15) is 0 Å². The summed E-state index contributed by atoms with van der Waals surface area (Å²) in [4.78, 5) is 39.4. The van der Waals surface area contributed by atoms with Crippen LogP contribution < -0.4 is 5.32 Å². The molecular formula is C22H30N2O4. The van der Waals surface area contributed by atoms with Crippen molar-refractivity contribution in [2.24, 2.45) is 17.8 Å². The van der Waals surface area contributed by atoms with Crippen molar-refractivity contribution < 1.29 is 19.1 Å². The van der Waals surface area contributed by atoms with Crippen molar-refractivity contribution in [3.05, 3.63) is 29.8 Å². The minimum Gasteiger partial charge on any atom is -0.465 e. The van der Waals surface area contributed by atoms with Gasteiger partial charge in [-0.3, -0.25) is 9.59 Å². The van der Waals surface area contributed by atoms with Crippen molar-refractivity contribution in [1.82, 2.24) is 4.90 Å². The molecule has 2 amide bonds. The molecular weight excluding hydrogens is 356 g/mol. The number of nitrogens with one attached hydrogen (secondary N) is 1. The fourth-order valence-corrected chi connectivity index (χ4v) is 4.37. The lowest BCUT2D eigenvalue weighted by Gasteiger charge is -2.35. The summed E-state index contributed by atoms with van der Waals surface area (Å²) >= 11 is 0. The van der Waals surface area contributed by atoms with Gasteiger partial charge >= 0.3 is 5.97 Å². The molecule has 1 heterocycles. The van der Waals surface area contributed by atoms with E-state index in [1.54, 1.807) is 24.3 Å². The van der Waals surface area contributed by atoms with Gasteiger partial charge in [0.05, 0.1) is 18.4 Å². The van der Waals surface area contributed by atoms with Crippen LogP contribution in [0.1, 0.15) is 55.8 Å². The molecule has 1 atom stereocenters. The number of ether oxygens (including phenoxy) is 1. The number of carbonyl (C=O) groups is 3. The van der Waals surface area contributed by atoms with E-state index in [9.17, 15) is 14.4 Å². The maximum atomic E-state index is 12.8. The zero-order chi connectivity index (χ0) is 20.1. The van der Waals surface area contributed by atoms with Gasteiger partial charge in [0.25, 0.3) is 0 Å². The van der Waals surface area contributed by atoms with Crippen molar-refractivity contribution in [2.45, 2.75) is 45.4 Å². The number of piperidine rings is 1. The molecule has 0 aromatic heterocycles. The summed E-state index contributed by atoms with van der Waals surface area (Å²) in [5, 5.41) is 2.87. The van der Waals surface area contributed by atoms with Gasteiger partial charge in [0.2, 0.25) is 11.8 Å². The normalized spacial score (nSPS) is 25.1. The fraction of sp³-hybridized carbons (Fsp3) is 0.591. The van der Waals surface area contributed by atoms with E-state index in [4.69, 9.17) is 4.74 Å². The summed E-state index contributed by atoms with van der Waals surface area (Å²) in [6.07, 6.45) is 5.19. The number of carbonyl (C=O) groups excluding carboxylic acids is 3. The molecule has 28 heavy (non-hydrogen) atoms. The number of benzene rings is 1. The van der Waals surface area contributed by atoms with Gasteiger partial charge < -0.3 is 15.0 Å². The van der Waals surface area contributed by atoms with Gasteiger partial charge in [-0.15, -0.1) is 0 Å². The predicted molar refractivity (Wildman–Crippen MR) is 107 cm³/mol. The molecule has 1 unspecified atom stereocenters. The Hall–Kier alpha value is -2.37. The monoisotopic (exact) mass is 386 g/mol. The lowest BCUT2D eigenvalue weighted by molar-refractivity contribution is -0.139. The van der Waals surface area contributed by atoms with Crippen LogP contribution in [0.5, 0.6) is 0 Å². The van der Waals surface area contributed by atoms with Crippen LogP contribution in [-0.4, -0.2) is 42.9 Å². The van der Waals surface area contributed by atoms with Crippen LogP contribution in [0.3, 0.4) is 0 Å². The van der Waals surface area contributed by atoms with Crippen molar-refractivity contribution >= 4 is 23.5 Å². The average molecular weight is 386 g/mol. The van der Waals surface area contributed by atoms with E-state index < -0.39 is 5.97 Å². The van der Waals surface area contributed by atoms with Gasteiger partial charge in [-0.05, 0) is 56.6 Å². The zero-order valence-electron chi connectivity index (χ0n) is 16.8. The summed E-state index contributed by atoms with van der Waals surface area (Å²) in [7, 11) is 1.32. The summed E-state index contributed by atoms with van der Waals surface area (Å²) in [6.45, 7) is 3.93. The van der Waals surface area contributed by atoms with Gasteiger partial charge in [-0.25, -0.2) is 4.79 Å². The van der Waals surface area contributed by atoms with E-state index >= 15 is 0 Å². The Balaban J connectivity index is 1.54. The average Bonchev–Trinajstić information content (AvgIpc) is 2.73. The molecule has 1 N–H and O–H groups in total. The Bertz CT molecular complexity index is 725. The van der Waals surface area contributed by atoms with Crippen molar-refractivity contribution in [1.29, 1.82) is 0 Å². The van der Waals surface area contributed by atoms with Gasteiger partial charge in [0, 0.05) is 24.9 Å². The standard InChI is InChI=1S/C22H30N2O4/c1-15-6-5-13-24(14-15)21(26)17-11-9-16(10-12-17)20(25)23-19-8-4-3-7-18(19)22(27)28-2/h3-4,7-8,15-17H,5-6,9-14H2,1-2H3,(H,23,25). The van der Waals surface area contributed by atoms with Gasteiger partial charge in [0.15, 0.2) is 0 Å². The van der Waals surface area contributed by atoms with Crippen LogP contribution in [0.15, 0.2) is 24.3 Å². The molecule has 152 valence electrons. The maximum Gasteiger partial charge on any atom is 0.339 e. The number of hydrogen-bond acceptors (Lipinski definition) is 4. The molecule has 1 saturated heterocycles. The number of anilines is 1. The van der Waals surface area contributed by atoms with Crippen LogP contribution in [-0.2, 0) is 14.3 Å². The first kappa shape index (κ1) is 20.4. The molecule has 1 aromatic carbocycles. The number of likely N-dealkylation sites (tertiary alicyclic amines) is 1. The van der Waals surface area contributed by atoms with E-state index in [0.717, 1.165) is 32.4 Å². The molecule has 0 spiro atoms. The van der Waals surface area contributed by atoms with Crippen LogP contribution in [0.2, 0.25) is 0 Å². The predicted octanol–water partition coefficient (Wildman–Crippen LogP) is 3.48. The molecule has 1 aliphatic carbocycles. The highest BCUT2D eigenvalue weighted by Crippen LogP contribution is 2.32. The largest absolute Gasteiger partial charge is 0.465 e. The van der Waals surface area contributed by atoms with Crippen molar-refractivity contribution in [2.75, 3.05) is 25.5 Å². The molecule has 1 saturated carbocycles. The van der Waals surface area contributed by atoms with Gasteiger partial charge in [-0.1, -0.05) is 19.1 Å². The topological polar surface area (TPSA) is 75.7 Å². The molecule has 0 bridgehead atoms. The van der Waals surface area contributed by atoms with E-state index in [0.29, 0.717) is 30.0 Å². The van der Waals surface area contributed by atoms with E-state index in [1.165, 1.54) is 13.5 Å². The first-order valence-corrected chi connectivity index (χ1v) is 10.3. The number of esters is 1. The highest BCUT2D eigenvalue weighted by Gasteiger charge is 2.33. The van der Waals surface area contributed by atoms with E-state index in [2.05, 4.69) is 12.2 Å². The SMILES string of the molecule is COC(=O)c1ccccc1NC(=O)C1CCC(C(=O)N2CCCC(C)C2)CC1. The number of nitrogens with zero attached hydrogens (tertiary/aromatic N) is 1. The molecule has 6 nitrogen and oxygen atoms in total. The third-order valence-electron chi connectivity index (χ3n) is 6.01. The molecule has 3 rings (SSSR count).